The van der Waals surface area contributed by atoms with Crippen LogP contribution in [-0.2, 0) is 0 Å². The zero-order valence-corrected chi connectivity index (χ0v) is 12.4. The first kappa shape index (κ1) is 14.0. The Hall–Kier alpha value is -0.930. The van der Waals surface area contributed by atoms with Gasteiger partial charge in [-0.2, -0.15) is 0 Å². The van der Waals surface area contributed by atoms with Gasteiger partial charge < -0.3 is 5.32 Å². The van der Waals surface area contributed by atoms with Crippen molar-refractivity contribution in [3.05, 3.63) is 35.6 Å². The summed E-state index contributed by atoms with van der Waals surface area (Å²) >= 11 is 0. The third-order valence-corrected chi connectivity index (χ3v) is 5.07. The quantitative estimate of drug-likeness (QED) is 0.889. The van der Waals surface area contributed by atoms with Gasteiger partial charge in [-0.05, 0) is 50.4 Å². The van der Waals surface area contributed by atoms with Gasteiger partial charge in [-0.15, -0.1) is 0 Å². The van der Waals surface area contributed by atoms with E-state index in [9.17, 15) is 4.39 Å². The van der Waals surface area contributed by atoms with Crippen LogP contribution in [0.5, 0.6) is 0 Å². The largest absolute Gasteiger partial charge is 0.310 e. The highest BCUT2D eigenvalue weighted by atomic mass is 19.1. The van der Waals surface area contributed by atoms with E-state index in [1.165, 1.54) is 38.2 Å². The summed E-state index contributed by atoms with van der Waals surface area (Å²) in [4.78, 5) is 2.54. The van der Waals surface area contributed by atoms with Crippen molar-refractivity contribution in [1.29, 1.82) is 0 Å². The van der Waals surface area contributed by atoms with Crippen molar-refractivity contribution in [2.45, 2.75) is 50.6 Å². The molecule has 2 fully saturated rings. The van der Waals surface area contributed by atoms with Gasteiger partial charge in [-0.1, -0.05) is 25.0 Å². The Labute approximate surface area is 121 Å². The average Bonchev–Trinajstić information content (AvgIpc) is 2.79. The molecule has 110 valence electrons. The van der Waals surface area contributed by atoms with E-state index in [4.69, 9.17) is 0 Å². The van der Waals surface area contributed by atoms with Gasteiger partial charge in [0.15, 0.2) is 0 Å². The summed E-state index contributed by atoms with van der Waals surface area (Å²) in [6.45, 7) is 5.53. The molecule has 2 aliphatic rings. The van der Waals surface area contributed by atoms with E-state index in [-0.39, 0.29) is 5.82 Å². The van der Waals surface area contributed by atoms with Gasteiger partial charge in [-0.25, -0.2) is 4.39 Å². The van der Waals surface area contributed by atoms with Crippen LogP contribution in [0.3, 0.4) is 0 Å². The van der Waals surface area contributed by atoms with Gasteiger partial charge in [-0.3, -0.25) is 4.90 Å². The summed E-state index contributed by atoms with van der Waals surface area (Å²) in [6.07, 6.45) is 6.45. The number of nitrogens with zero attached hydrogens (tertiary/aromatic N) is 1. The van der Waals surface area contributed by atoms with Crippen LogP contribution in [0.1, 0.15) is 50.6 Å². The number of hydrogen-bond acceptors (Lipinski definition) is 2. The highest BCUT2D eigenvalue weighted by molar-refractivity contribution is 5.20. The third-order valence-electron chi connectivity index (χ3n) is 5.07. The molecule has 1 aromatic carbocycles. The summed E-state index contributed by atoms with van der Waals surface area (Å²) in [5.74, 6) is -0.127. The molecule has 1 atom stereocenters. The first-order chi connectivity index (χ1) is 9.69. The maximum atomic E-state index is 13.4. The topological polar surface area (TPSA) is 15.3 Å². The molecule has 0 amide bonds. The molecule has 1 aliphatic heterocycles. The van der Waals surface area contributed by atoms with Crippen LogP contribution in [-0.4, -0.2) is 30.1 Å². The second kappa shape index (κ2) is 5.82. The number of hydrogen-bond donors (Lipinski definition) is 1. The van der Waals surface area contributed by atoms with Gasteiger partial charge in [0.2, 0.25) is 0 Å². The number of rotatable bonds is 2. The van der Waals surface area contributed by atoms with E-state index in [0.717, 1.165) is 25.2 Å². The predicted molar refractivity (Wildman–Crippen MR) is 80.2 cm³/mol. The van der Waals surface area contributed by atoms with E-state index in [1.807, 2.05) is 12.1 Å². The molecule has 0 aromatic heterocycles. The van der Waals surface area contributed by atoms with Crippen LogP contribution >= 0.6 is 0 Å². The fraction of sp³-hybridized carbons (Fsp3) is 0.647. The van der Waals surface area contributed by atoms with E-state index < -0.39 is 0 Å². The average molecular weight is 276 g/mol. The zero-order valence-electron chi connectivity index (χ0n) is 12.4. The van der Waals surface area contributed by atoms with Crippen molar-refractivity contribution in [2.75, 3.05) is 19.6 Å². The molecule has 3 rings (SSSR count). The molecule has 1 aliphatic carbocycles. The van der Waals surface area contributed by atoms with Crippen molar-refractivity contribution in [3.63, 3.8) is 0 Å². The Bertz CT molecular complexity index is 454. The number of halogens is 1. The smallest absolute Gasteiger partial charge is 0.123 e. The molecule has 1 unspecified atom stereocenters. The minimum atomic E-state index is -0.127. The van der Waals surface area contributed by atoms with Crippen LogP contribution < -0.4 is 5.32 Å². The van der Waals surface area contributed by atoms with Gasteiger partial charge in [0.1, 0.15) is 5.82 Å². The Morgan fingerprint density at radius 1 is 1.25 bits per heavy atom. The fourth-order valence-corrected chi connectivity index (χ4v) is 3.85. The van der Waals surface area contributed by atoms with Crippen molar-refractivity contribution < 1.29 is 4.39 Å². The van der Waals surface area contributed by atoms with Crippen LogP contribution in [0.25, 0.3) is 0 Å². The molecule has 1 heterocycles. The second-order valence-corrected chi connectivity index (χ2v) is 6.47. The summed E-state index contributed by atoms with van der Waals surface area (Å²) in [5, 5.41) is 3.79. The molecule has 1 spiro atoms. The van der Waals surface area contributed by atoms with Crippen LogP contribution in [0.4, 0.5) is 4.39 Å². The third kappa shape index (κ3) is 2.89. The number of benzene rings is 1. The lowest BCUT2D eigenvalue weighted by atomic mass is 9.95. The van der Waals surface area contributed by atoms with Gasteiger partial charge in [0.05, 0.1) is 0 Å². The first-order valence-corrected chi connectivity index (χ1v) is 7.93. The first-order valence-electron chi connectivity index (χ1n) is 7.93. The zero-order chi connectivity index (χ0) is 14.0. The summed E-state index contributed by atoms with van der Waals surface area (Å²) in [5.41, 5.74) is 1.41. The highest BCUT2D eigenvalue weighted by Crippen LogP contribution is 2.34. The SMILES string of the molecule is CC(c1cccc(F)c1)N1CCCNC2(CCCC2)C1. The maximum absolute atomic E-state index is 13.4. The standard InChI is InChI=1S/C17H25FN2/c1-14(15-6-4-7-16(18)12-15)20-11-5-10-19-17(13-20)8-2-3-9-17/h4,6-7,12,14,19H,2-3,5,8-11,13H2,1H3. The van der Waals surface area contributed by atoms with Gasteiger partial charge in [0.25, 0.3) is 0 Å². The fourth-order valence-electron chi connectivity index (χ4n) is 3.85. The van der Waals surface area contributed by atoms with Crippen molar-refractivity contribution in [2.24, 2.45) is 0 Å². The normalized spacial score (nSPS) is 24.7. The Morgan fingerprint density at radius 3 is 2.80 bits per heavy atom. The monoisotopic (exact) mass is 276 g/mol. The number of nitrogens with one attached hydrogen (secondary N) is 1. The van der Waals surface area contributed by atoms with E-state index >= 15 is 0 Å². The van der Waals surface area contributed by atoms with Crippen LogP contribution in [0.15, 0.2) is 24.3 Å². The van der Waals surface area contributed by atoms with Crippen LogP contribution in [0, 0.1) is 5.82 Å². The molecule has 0 radical (unpaired) electrons. The Kier molecular flexibility index (Phi) is 4.08. The lowest BCUT2D eigenvalue weighted by Crippen LogP contribution is -2.49. The molecule has 0 bridgehead atoms. The van der Waals surface area contributed by atoms with E-state index in [1.54, 1.807) is 6.07 Å². The van der Waals surface area contributed by atoms with Gasteiger partial charge in [0, 0.05) is 24.7 Å². The van der Waals surface area contributed by atoms with Crippen molar-refractivity contribution in [1.82, 2.24) is 10.2 Å². The van der Waals surface area contributed by atoms with Crippen molar-refractivity contribution >= 4 is 0 Å². The second-order valence-electron chi connectivity index (χ2n) is 6.47. The van der Waals surface area contributed by atoms with E-state index in [2.05, 4.69) is 17.1 Å². The molecule has 1 saturated heterocycles. The summed E-state index contributed by atoms with van der Waals surface area (Å²) < 4.78 is 13.4. The Balaban J connectivity index is 1.77. The molecule has 2 nitrogen and oxygen atoms in total. The molecule has 1 saturated carbocycles. The molecular formula is C17H25FN2. The molecular weight excluding hydrogens is 251 g/mol. The van der Waals surface area contributed by atoms with Crippen molar-refractivity contribution in [3.8, 4) is 0 Å². The summed E-state index contributed by atoms with van der Waals surface area (Å²) in [7, 11) is 0. The summed E-state index contributed by atoms with van der Waals surface area (Å²) in [6, 6.07) is 7.38. The lowest BCUT2D eigenvalue weighted by Gasteiger charge is -2.36. The minimum absolute atomic E-state index is 0.127. The highest BCUT2D eigenvalue weighted by Gasteiger charge is 2.37. The molecule has 1 N–H and O–H groups in total. The maximum Gasteiger partial charge on any atom is 0.123 e. The Morgan fingerprint density at radius 2 is 2.05 bits per heavy atom. The molecule has 3 heteroatoms. The molecule has 20 heavy (non-hydrogen) atoms. The minimum Gasteiger partial charge on any atom is -0.310 e. The van der Waals surface area contributed by atoms with Gasteiger partial charge >= 0.3 is 0 Å². The van der Waals surface area contributed by atoms with E-state index in [0.29, 0.717) is 11.6 Å². The molecule has 1 aromatic rings. The van der Waals surface area contributed by atoms with Crippen LogP contribution in [0.2, 0.25) is 0 Å². The predicted octanol–water partition coefficient (Wildman–Crippen LogP) is 3.49. The lowest BCUT2D eigenvalue weighted by molar-refractivity contribution is 0.165.